The highest BCUT2D eigenvalue weighted by Crippen LogP contribution is 2.23. The molecule has 2 rings (SSSR count). The Morgan fingerprint density at radius 1 is 1.19 bits per heavy atom. The Balaban J connectivity index is 0.00000220. The van der Waals surface area contributed by atoms with Gasteiger partial charge in [0, 0.05) is 17.0 Å². The third-order valence-corrected chi connectivity index (χ3v) is 3.52. The minimum atomic E-state index is -0.277. The number of nitrogens with one attached hydrogen (secondary N) is 1. The third kappa shape index (κ3) is 4.22. The van der Waals surface area contributed by atoms with Gasteiger partial charge in [0.2, 0.25) is 0 Å². The minimum Gasteiger partial charge on any atom is -0.493 e. The van der Waals surface area contributed by atoms with Crippen LogP contribution in [0.25, 0.3) is 11.0 Å². The van der Waals surface area contributed by atoms with Gasteiger partial charge in [-0.15, -0.1) is 12.4 Å². The van der Waals surface area contributed by atoms with Crippen LogP contribution in [0.1, 0.15) is 24.0 Å². The SMILES string of the molecule is CNCCCCOc1ccc2c(C)c(C)c(=O)oc2c1.Cl. The molecule has 0 bridgehead atoms. The smallest absolute Gasteiger partial charge is 0.339 e. The summed E-state index contributed by atoms with van der Waals surface area (Å²) in [4.78, 5) is 11.7. The van der Waals surface area contributed by atoms with Gasteiger partial charge in [-0.25, -0.2) is 4.79 Å². The normalized spacial score (nSPS) is 10.4. The van der Waals surface area contributed by atoms with Crippen LogP contribution in [0.5, 0.6) is 5.75 Å². The number of hydrogen-bond donors (Lipinski definition) is 1. The summed E-state index contributed by atoms with van der Waals surface area (Å²) >= 11 is 0. The van der Waals surface area contributed by atoms with Gasteiger partial charge in [0.05, 0.1) is 6.61 Å². The van der Waals surface area contributed by atoms with E-state index in [9.17, 15) is 4.79 Å². The molecular formula is C16H22ClNO3. The fraction of sp³-hybridized carbons (Fsp3) is 0.438. The summed E-state index contributed by atoms with van der Waals surface area (Å²) in [6, 6.07) is 5.66. The topological polar surface area (TPSA) is 51.5 Å². The largest absolute Gasteiger partial charge is 0.493 e. The van der Waals surface area contributed by atoms with E-state index >= 15 is 0 Å². The van der Waals surface area contributed by atoms with E-state index in [1.807, 2.05) is 26.1 Å². The van der Waals surface area contributed by atoms with E-state index in [4.69, 9.17) is 9.15 Å². The van der Waals surface area contributed by atoms with Crippen LogP contribution in [0, 0.1) is 13.8 Å². The van der Waals surface area contributed by atoms with Crippen LogP contribution in [0.2, 0.25) is 0 Å². The maximum Gasteiger partial charge on any atom is 0.339 e. The Morgan fingerprint density at radius 3 is 2.67 bits per heavy atom. The lowest BCUT2D eigenvalue weighted by atomic mass is 10.1. The van der Waals surface area contributed by atoms with Crippen molar-refractivity contribution in [2.24, 2.45) is 0 Å². The molecule has 0 amide bonds. The van der Waals surface area contributed by atoms with Crippen molar-refractivity contribution in [2.45, 2.75) is 26.7 Å². The van der Waals surface area contributed by atoms with E-state index in [0.717, 1.165) is 36.1 Å². The van der Waals surface area contributed by atoms with Crippen LogP contribution in [0.3, 0.4) is 0 Å². The molecule has 0 aliphatic heterocycles. The molecule has 0 aliphatic carbocycles. The number of ether oxygens (including phenoxy) is 1. The molecule has 0 radical (unpaired) electrons. The van der Waals surface area contributed by atoms with Gasteiger partial charge in [-0.1, -0.05) is 0 Å². The van der Waals surface area contributed by atoms with Gasteiger partial charge in [0.1, 0.15) is 11.3 Å². The predicted molar refractivity (Wildman–Crippen MR) is 87.9 cm³/mol. The maximum atomic E-state index is 11.7. The van der Waals surface area contributed by atoms with E-state index in [2.05, 4.69) is 5.32 Å². The third-order valence-electron chi connectivity index (χ3n) is 3.52. The highest BCUT2D eigenvalue weighted by molar-refractivity contribution is 5.85. The number of fused-ring (bicyclic) bond motifs is 1. The van der Waals surface area contributed by atoms with Gasteiger partial charge < -0.3 is 14.5 Å². The Morgan fingerprint density at radius 2 is 1.95 bits per heavy atom. The van der Waals surface area contributed by atoms with Crippen molar-refractivity contribution >= 4 is 23.4 Å². The summed E-state index contributed by atoms with van der Waals surface area (Å²) in [5.41, 5.74) is 1.95. The summed E-state index contributed by atoms with van der Waals surface area (Å²) < 4.78 is 11.0. The number of aryl methyl sites for hydroxylation is 1. The second-order valence-electron chi connectivity index (χ2n) is 4.96. The van der Waals surface area contributed by atoms with E-state index in [-0.39, 0.29) is 18.0 Å². The molecule has 1 N–H and O–H groups in total. The van der Waals surface area contributed by atoms with Gasteiger partial charge in [-0.05, 0) is 58.0 Å². The molecule has 116 valence electrons. The Kier molecular flexibility index (Phi) is 6.72. The molecule has 0 unspecified atom stereocenters. The first-order valence-electron chi connectivity index (χ1n) is 6.95. The highest BCUT2D eigenvalue weighted by atomic mass is 35.5. The fourth-order valence-corrected chi connectivity index (χ4v) is 2.11. The van der Waals surface area contributed by atoms with Gasteiger partial charge in [0.15, 0.2) is 0 Å². The zero-order chi connectivity index (χ0) is 14.5. The molecule has 0 aliphatic rings. The summed E-state index contributed by atoms with van der Waals surface area (Å²) in [5.74, 6) is 0.744. The molecule has 1 heterocycles. The lowest BCUT2D eigenvalue weighted by molar-refractivity contribution is 0.306. The first-order valence-corrected chi connectivity index (χ1v) is 6.95. The molecule has 0 fully saturated rings. The summed E-state index contributed by atoms with van der Waals surface area (Å²) in [5, 5.41) is 4.07. The lowest BCUT2D eigenvalue weighted by Gasteiger charge is -2.08. The number of halogens is 1. The molecule has 0 saturated carbocycles. The molecule has 21 heavy (non-hydrogen) atoms. The molecule has 0 atom stereocenters. The molecule has 0 saturated heterocycles. The Hall–Kier alpha value is -1.52. The van der Waals surface area contributed by atoms with Crippen molar-refractivity contribution < 1.29 is 9.15 Å². The zero-order valence-corrected chi connectivity index (χ0v) is 13.5. The van der Waals surface area contributed by atoms with Crippen molar-refractivity contribution in [1.29, 1.82) is 0 Å². The van der Waals surface area contributed by atoms with Crippen molar-refractivity contribution in [3.8, 4) is 5.75 Å². The van der Waals surface area contributed by atoms with Gasteiger partial charge in [-0.2, -0.15) is 0 Å². The van der Waals surface area contributed by atoms with Crippen molar-refractivity contribution in [3.63, 3.8) is 0 Å². The Bertz CT molecular complexity index is 652. The highest BCUT2D eigenvalue weighted by Gasteiger charge is 2.08. The van der Waals surface area contributed by atoms with Crippen LogP contribution in [0.4, 0.5) is 0 Å². The number of rotatable bonds is 6. The van der Waals surface area contributed by atoms with Gasteiger partial charge >= 0.3 is 5.63 Å². The van der Waals surface area contributed by atoms with Crippen LogP contribution in [0.15, 0.2) is 27.4 Å². The number of benzene rings is 1. The molecule has 2 aromatic rings. The van der Waals surface area contributed by atoms with Crippen molar-refractivity contribution in [3.05, 3.63) is 39.7 Å². The molecule has 4 nitrogen and oxygen atoms in total. The average molecular weight is 312 g/mol. The quantitative estimate of drug-likeness (QED) is 0.657. The second kappa shape index (κ2) is 8.05. The summed E-state index contributed by atoms with van der Waals surface area (Å²) in [7, 11) is 1.94. The summed E-state index contributed by atoms with van der Waals surface area (Å²) in [6.07, 6.45) is 2.08. The van der Waals surface area contributed by atoms with Crippen LogP contribution in [-0.2, 0) is 0 Å². The molecule has 0 spiro atoms. The van der Waals surface area contributed by atoms with Crippen LogP contribution >= 0.6 is 12.4 Å². The maximum absolute atomic E-state index is 11.7. The Labute approximate surface area is 130 Å². The second-order valence-corrected chi connectivity index (χ2v) is 4.96. The lowest BCUT2D eigenvalue weighted by Crippen LogP contribution is -2.09. The van der Waals surface area contributed by atoms with Crippen molar-refractivity contribution in [2.75, 3.05) is 20.2 Å². The number of unbranched alkanes of at least 4 members (excludes halogenated alkanes) is 1. The van der Waals surface area contributed by atoms with Crippen LogP contribution in [-0.4, -0.2) is 20.2 Å². The van der Waals surface area contributed by atoms with Gasteiger partial charge in [0.25, 0.3) is 0 Å². The number of hydrogen-bond acceptors (Lipinski definition) is 4. The van der Waals surface area contributed by atoms with E-state index in [0.29, 0.717) is 17.8 Å². The standard InChI is InChI=1S/C16H21NO3.ClH/c1-11-12(2)16(18)20-15-10-13(6-7-14(11)15)19-9-5-4-8-17-3;/h6-7,10,17H,4-5,8-9H2,1-3H3;1H. The first kappa shape index (κ1) is 17.5. The first-order chi connectivity index (χ1) is 9.63. The van der Waals surface area contributed by atoms with Crippen molar-refractivity contribution in [1.82, 2.24) is 5.32 Å². The fourth-order valence-electron chi connectivity index (χ4n) is 2.11. The zero-order valence-electron chi connectivity index (χ0n) is 12.7. The summed E-state index contributed by atoms with van der Waals surface area (Å²) in [6.45, 7) is 5.39. The molecule has 5 heteroatoms. The van der Waals surface area contributed by atoms with E-state index in [1.54, 1.807) is 13.0 Å². The minimum absolute atomic E-state index is 0. The molecule has 1 aromatic carbocycles. The van der Waals surface area contributed by atoms with Gasteiger partial charge in [-0.3, -0.25) is 0 Å². The molecular weight excluding hydrogens is 290 g/mol. The molecule has 1 aromatic heterocycles. The van der Waals surface area contributed by atoms with E-state index < -0.39 is 0 Å². The predicted octanol–water partition coefficient (Wildman–Crippen LogP) is 3.21. The monoisotopic (exact) mass is 311 g/mol. The van der Waals surface area contributed by atoms with Crippen LogP contribution < -0.4 is 15.7 Å². The average Bonchev–Trinajstić information content (AvgIpc) is 2.44. The van der Waals surface area contributed by atoms with E-state index in [1.165, 1.54) is 0 Å².